The first-order valence-electron chi connectivity index (χ1n) is 5.66. The molecule has 96 valence electrons. The van der Waals surface area contributed by atoms with E-state index < -0.39 is 0 Å². The van der Waals surface area contributed by atoms with Crippen molar-refractivity contribution in [1.29, 1.82) is 0 Å². The predicted molar refractivity (Wildman–Crippen MR) is 70.5 cm³/mol. The molecule has 0 spiro atoms. The fraction of sp³-hybridized carbons (Fsp3) is 0.500. The molecule has 3 N–H and O–H groups in total. The fourth-order valence-corrected chi connectivity index (χ4v) is 3.04. The fourth-order valence-electron chi connectivity index (χ4n) is 2.10. The summed E-state index contributed by atoms with van der Waals surface area (Å²) in [6.07, 6.45) is 0. The number of carbonyl (C=O) groups is 1. The number of hydrogen-bond donors (Lipinski definition) is 3. The SMILES string of the molecule is Cc1nn(C)c2n[nH]c(NC(=O)[C@H]3CSCN3)c12. The molecule has 8 heteroatoms. The van der Waals surface area contributed by atoms with Gasteiger partial charge in [-0.25, -0.2) is 4.68 Å². The molecule has 1 aliphatic heterocycles. The molecule has 0 unspecified atom stereocenters. The number of fused-ring (bicyclic) bond motifs is 1. The topological polar surface area (TPSA) is 87.6 Å². The van der Waals surface area contributed by atoms with Gasteiger partial charge in [-0.1, -0.05) is 0 Å². The molecular formula is C10H14N6OS. The molecule has 2 aromatic rings. The summed E-state index contributed by atoms with van der Waals surface area (Å²) < 4.78 is 1.69. The Kier molecular flexibility index (Phi) is 2.75. The second-order valence-electron chi connectivity index (χ2n) is 4.27. The number of nitrogens with one attached hydrogen (secondary N) is 3. The predicted octanol–water partition coefficient (Wildman–Crippen LogP) is 0.206. The van der Waals surface area contributed by atoms with E-state index in [9.17, 15) is 4.79 Å². The van der Waals surface area contributed by atoms with E-state index in [1.807, 2.05) is 14.0 Å². The van der Waals surface area contributed by atoms with Gasteiger partial charge >= 0.3 is 0 Å². The molecule has 0 aromatic carbocycles. The minimum absolute atomic E-state index is 0.0335. The van der Waals surface area contributed by atoms with E-state index in [0.29, 0.717) is 5.82 Å². The Balaban J connectivity index is 1.88. The highest BCUT2D eigenvalue weighted by Gasteiger charge is 2.24. The van der Waals surface area contributed by atoms with Crippen LogP contribution >= 0.6 is 11.8 Å². The largest absolute Gasteiger partial charge is 0.309 e. The lowest BCUT2D eigenvalue weighted by Gasteiger charge is -2.08. The Morgan fingerprint density at radius 2 is 2.44 bits per heavy atom. The number of H-pyrrole nitrogens is 1. The highest BCUT2D eigenvalue weighted by molar-refractivity contribution is 7.99. The summed E-state index contributed by atoms with van der Waals surface area (Å²) in [5, 5.41) is 18.2. The van der Waals surface area contributed by atoms with Crippen LogP contribution < -0.4 is 10.6 Å². The molecule has 3 heterocycles. The summed E-state index contributed by atoms with van der Waals surface area (Å²) in [5.74, 6) is 2.21. The van der Waals surface area contributed by atoms with E-state index in [0.717, 1.165) is 28.4 Å². The quantitative estimate of drug-likeness (QED) is 0.723. The van der Waals surface area contributed by atoms with Gasteiger partial charge in [0.15, 0.2) is 5.65 Å². The van der Waals surface area contributed by atoms with Gasteiger partial charge in [-0.2, -0.15) is 10.2 Å². The van der Waals surface area contributed by atoms with Gasteiger partial charge in [0.2, 0.25) is 5.91 Å². The van der Waals surface area contributed by atoms with Crippen LogP contribution in [-0.2, 0) is 11.8 Å². The summed E-state index contributed by atoms with van der Waals surface area (Å²) in [4.78, 5) is 12.0. The maximum absolute atomic E-state index is 12.0. The van der Waals surface area contributed by atoms with Crippen LogP contribution in [0.25, 0.3) is 11.0 Å². The standard InChI is InChI=1S/C10H14N6OS/c1-5-7-8(13-14-9(7)16(2)15-5)12-10(17)6-3-18-4-11-6/h6,11H,3-4H2,1-2H3,(H2,12,13,14,17)/t6-/m1/s1. The molecule has 0 aliphatic carbocycles. The molecule has 2 aromatic heterocycles. The Morgan fingerprint density at radius 3 is 3.17 bits per heavy atom. The second-order valence-corrected chi connectivity index (χ2v) is 5.30. The van der Waals surface area contributed by atoms with Crippen molar-refractivity contribution in [3.05, 3.63) is 5.69 Å². The van der Waals surface area contributed by atoms with Crippen LogP contribution in [0.4, 0.5) is 5.82 Å². The van der Waals surface area contributed by atoms with Crippen molar-refractivity contribution < 1.29 is 4.79 Å². The summed E-state index contributed by atoms with van der Waals surface area (Å²) in [7, 11) is 1.83. The average molecular weight is 266 g/mol. The molecule has 1 atom stereocenters. The monoisotopic (exact) mass is 266 g/mol. The molecule has 7 nitrogen and oxygen atoms in total. The van der Waals surface area contributed by atoms with Crippen molar-refractivity contribution >= 4 is 34.5 Å². The Hall–Kier alpha value is -1.54. The molecule has 1 saturated heterocycles. The van der Waals surface area contributed by atoms with Crippen LogP contribution in [-0.4, -0.2) is 43.6 Å². The van der Waals surface area contributed by atoms with E-state index >= 15 is 0 Å². The van der Waals surface area contributed by atoms with Crippen LogP contribution in [0.2, 0.25) is 0 Å². The molecule has 0 bridgehead atoms. The molecule has 0 radical (unpaired) electrons. The number of aromatic amines is 1. The zero-order chi connectivity index (χ0) is 12.7. The third-order valence-corrected chi connectivity index (χ3v) is 3.94. The highest BCUT2D eigenvalue weighted by Crippen LogP contribution is 2.23. The molecular weight excluding hydrogens is 252 g/mol. The number of anilines is 1. The van der Waals surface area contributed by atoms with E-state index in [1.165, 1.54) is 0 Å². The lowest BCUT2D eigenvalue weighted by atomic mass is 10.3. The number of nitrogens with zero attached hydrogens (tertiary/aromatic N) is 3. The molecule has 18 heavy (non-hydrogen) atoms. The van der Waals surface area contributed by atoms with Crippen LogP contribution in [0.5, 0.6) is 0 Å². The zero-order valence-corrected chi connectivity index (χ0v) is 11.0. The highest BCUT2D eigenvalue weighted by atomic mass is 32.2. The lowest BCUT2D eigenvalue weighted by Crippen LogP contribution is -2.37. The van der Waals surface area contributed by atoms with Gasteiger partial charge in [0, 0.05) is 18.7 Å². The van der Waals surface area contributed by atoms with E-state index in [-0.39, 0.29) is 11.9 Å². The maximum Gasteiger partial charge on any atom is 0.243 e. The van der Waals surface area contributed by atoms with Crippen LogP contribution in [0.1, 0.15) is 5.69 Å². The van der Waals surface area contributed by atoms with Crippen molar-refractivity contribution in [3.8, 4) is 0 Å². The number of aryl methyl sites for hydroxylation is 2. The first-order valence-corrected chi connectivity index (χ1v) is 6.82. The normalized spacial score (nSPS) is 19.6. The summed E-state index contributed by atoms with van der Waals surface area (Å²) in [5.41, 5.74) is 1.60. The number of rotatable bonds is 2. The molecule has 3 rings (SSSR count). The van der Waals surface area contributed by atoms with E-state index in [2.05, 4.69) is 25.9 Å². The first kappa shape index (κ1) is 11.5. The smallest absolute Gasteiger partial charge is 0.243 e. The third kappa shape index (κ3) is 1.77. The Morgan fingerprint density at radius 1 is 1.61 bits per heavy atom. The van der Waals surface area contributed by atoms with E-state index in [1.54, 1.807) is 16.4 Å². The van der Waals surface area contributed by atoms with Crippen molar-refractivity contribution in [3.63, 3.8) is 0 Å². The number of hydrogen-bond acceptors (Lipinski definition) is 5. The maximum atomic E-state index is 12.0. The van der Waals surface area contributed by atoms with Gasteiger partial charge in [-0.15, -0.1) is 11.8 Å². The van der Waals surface area contributed by atoms with Crippen molar-refractivity contribution in [2.45, 2.75) is 13.0 Å². The number of aromatic nitrogens is 4. The molecule has 1 fully saturated rings. The number of carbonyl (C=O) groups excluding carboxylic acids is 1. The Bertz CT molecular complexity index is 597. The van der Waals surface area contributed by atoms with Crippen LogP contribution in [0, 0.1) is 6.92 Å². The van der Waals surface area contributed by atoms with Crippen LogP contribution in [0.3, 0.4) is 0 Å². The van der Waals surface area contributed by atoms with Gasteiger partial charge in [-0.3, -0.25) is 15.2 Å². The number of thioether (sulfide) groups is 1. The summed E-state index contributed by atoms with van der Waals surface area (Å²) in [6.45, 7) is 1.90. The molecule has 0 saturated carbocycles. The number of amides is 1. The minimum Gasteiger partial charge on any atom is -0.309 e. The summed E-state index contributed by atoms with van der Waals surface area (Å²) in [6, 6.07) is -0.134. The first-order chi connectivity index (χ1) is 8.66. The lowest BCUT2D eigenvalue weighted by molar-refractivity contribution is -0.117. The van der Waals surface area contributed by atoms with Gasteiger partial charge in [0.25, 0.3) is 0 Å². The van der Waals surface area contributed by atoms with Gasteiger partial charge in [0.1, 0.15) is 5.82 Å². The van der Waals surface area contributed by atoms with Crippen molar-refractivity contribution in [1.82, 2.24) is 25.3 Å². The van der Waals surface area contributed by atoms with Crippen molar-refractivity contribution in [2.75, 3.05) is 16.9 Å². The molecule has 1 aliphatic rings. The second kappa shape index (κ2) is 4.29. The average Bonchev–Trinajstić information content (AvgIpc) is 3.01. The summed E-state index contributed by atoms with van der Waals surface area (Å²) >= 11 is 1.72. The van der Waals surface area contributed by atoms with Gasteiger partial charge in [-0.05, 0) is 6.92 Å². The van der Waals surface area contributed by atoms with Crippen molar-refractivity contribution in [2.24, 2.45) is 7.05 Å². The van der Waals surface area contributed by atoms with Crippen LogP contribution in [0.15, 0.2) is 0 Å². The van der Waals surface area contributed by atoms with E-state index in [4.69, 9.17) is 0 Å². The zero-order valence-electron chi connectivity index (χ0n) is 10.1. The minimum atomic E-state index is -0.134. The Labute approximate surface area is 108 Å². The van der Waals surface area contributed by atoms with Gasteiger partial charge in [0.05, 0.1) is 17.1 Å². The molecule has 1 amide bonds. The third-order valence-electron chi connectivity index (χ3n) is 3.00. The van der Waals surface area contributed by atoms with Gasteiger partial charge < -0.3 is 5.32 Å².